The van der Waals surface area contributed by atoms with Gasteiger partial charge in [-0.3, -0.25) is 4.79 Å². The van der Waals surface area contributed by atoms with E-state index in [1.54, 1.807) is 24.5 Å². The normalized spacial score (nSPS) is 17.1. The van der Waals surface area contributed by atoms with Gasteiger partial charge in [0.15, 0.2) is 0 Å². The van der Waals surface area contributed by atoms with Crippen molar-refractivity contribution >= 4 is 17.3 Å². The van der Waals surface area contributed by atoms with Crippen molar-refractivity contribution in [3.63, 3.8) is 0 Å². The first-order chi connectivity index (χ1) is 13.5. The summed E-state index contributed by atoms with van der Waals surface area (Å²) in [4.78, 5) is 18.9. The molecule has 0 aliphatic carbocycles. The van der Waals surface area contributed by atoms with Crippen LogP contribution in [0.15, 0.2) is 39.9 Å². The zero-order valence-electron chi connectivity index (χ0n) is 15.6. The van der Waals surface area contributed by atoms with Crippen LogP contribution in [-0.4, -0.2) is 45.7 Å². The highest BCUT2D eigenvalue weighted by molar-refractivity contribution is 6.29. The molecule has 4 rings (SSSR count). The molecule has 28 heavy (non-hydrogen) atoms. The highest BCUT2D eigenvalue weighted by atomic mass is 35.5. The average molecular weight is 402 g/mol. The first-order valence-electron chi connectivity index (χ1n) is 9.02. The van der Waals surface area contributed by atoms with Crippen molar-refractivity contribution < 1.29 is 9.26 Å². The molecule has 0 N–H and O–H groups in total. The summed E-state index contributed by atoms with van der Waals surface area (Å²) in [6.45, 7) is 6.21. The second kappa shape index (κ2) is 7.73. The number of halogens is 1. The van der Waals surface area contributed by atoms with Gasteiger partial charge in [0, 0.05) is 36.5 Å². The van der Waals surface area contributed by atoms with Crippen LogP contribution in [0.25, 0.3) is 11.3 Å². The zero-order valence-corrected chi connectivity index (χ0v) is 16.4. The van der Waals surface area contributed by atoms with Gasteiger partial charge in [0.2, 0.25) is 0 Å². The predicted molar refractivity (Wildman–Crippen MR) is 105 cm³/mol. The SMILES string of the molecule is Cc1onc(-c2ccc(Cl)nc2)c1Cn1ncc(N2CCOC(C)C2)cc1=O. The van der Waals surface area contributed by atoms with Crippen molar-refractivity contribution in [1.82, 2.24) is 19.9 Å². The van der Waals surface area contributed by atoms with E-state index in [0.717, 1.165) is 29.9 Å². The lowest BCUT2D eigenvalue weighted by molar-refractivity contribution is 0.0532. The van der Waals surface area contributed by atoms with Gasteiger partial charge in [0.1, 0.15) is 16.6 Å². The Morgan fingerprint density at radius 2 is 2.18 bits per heavy atom. The maximum absolute atomic E-state index is 12.7. The van der Waals surface area contributed by atoms with E-state index in [1.165, 1.54) is 4.68 Å². The van der Waals surface area contributed by atoms with E-state index < -0.39 is 0 Å². The van der Waals surface area contributed by atoms with Gasteiger partial charge in [-0.1, -0.05) is 16.8 Å². The van der Waals surface area contributed by atoms with E-state index in [0.29, 0.717) is 23.2 Å². The molecule has 1 unspecified atom stereocenters. The Labute approximate surface area is 166 Å². The minimum absolute atomic E-state index is 0.131. The summed E-state index contributed by atoms with van der Waals surface area (Å²) in [7, 11) is 0. The van der Waals surface area contributed by atoms with Gasteiger partial charge in [-0.15, -0.1) is 0 Å². The van der Waals surface area contributed by atoms with Crippen LogP contribution >= 0.6 is 11.6 Å². The molecule has 0 spiro atoms. The van der Waals surface area contributed by atoms with Gasteiger partial charge < -0.3 is 14.2 Å². The van der Waals surface area contributed by atoms with Crippen LogP contribution in [0.2, 0.25) is 5.15 Å². The van der Waals surface area contributed by atoms with Crippen molar-refractivity contribution in [3.05, 3.63) is 57.4 Å². The first-order valence-corrected chi connectivity index (χ1v) is 9.40. The number of aromatic nitrogens is 4. The van der Waals surface area contributed by atoms with Gasteiger partial charge in [-0.25, -0.2) is 9.67 Å². The Kier molecular flexibility index (Phi) is 5.15. The van der Waals surface area contributed by atoms with Crippen molar-refractivity contribution in [2.24, 2.45) is 0 Å². The van der Waals surface area contributed by atoms with Crippen molar-refractivity contribution in [2.75, 3.05) is 24.6 Å². The number of nitrogens with zero attached hydrogens (tertiary/aromatic N) is 5. The molecule has 3 aromatic heterocycles. The quantitative estimate of drug-likeness (QED) is 0.621. The summed E-state index contributed by atoms with van der Waals surface area (Å²) in [5.41, 5.74) is 2.80. The molecule has 3 aromatic rings. The third-order valence-electron chi connectivity index (χ3n) is 4.75. The maximum atomic E-state index is 12.7. The second-order valence-electron chi connectivity index (χ2n) is 6.77. The summed E-state index contributed by atoms with van der Waals surface area (Å²) < 4.78 is 12.3. The molecule has 8 nitrogen and oxygen atoms in total. The van der Waals surface area contributed by atoms with Gasteiger partial charge >= 0.3 is 0 Å². The van der Waals surface area contributed by atoms with Crippen LogP contribution in [-0.2, 0) is 11.3 Å². The summed E-state index contributed by atoms with van der Waals surface area (Å²) in [6.07, 6.45) is 3.47. The number of pyridine rings is 1. The summed E-state index contributed by atoms with van der Waals surface area (Å²) in [5, 5.41) is 8.88. The van der Waals surface area contributed by atoms with Crippen molar-refractivity contribution in [2.45, 2.75) is 26.5 Å². The molecular formula is C19H20ClN5O3. The number of ether oxygens (including phenoxy) is 1. The molecule has 1 fully saturated rings. The van der Waals surface area contributed by atoms with Crippen LogP contribution in [0, 0.1) is 6.92 Å². The third kappa shape index (κ3) is 3.79. The molecule has 146 valence electrons. The smallest absolute Gasteiger partial charge is 0.269 e. The Bertz CT molecular complexity index is 1030. The third-order valence-corrected chi connectivity index (χ3v) is 4.98. The van der Waals surface area contributed by atoms with Crippen molar-refractivity contribution in [3.8, 4) is 11.3 Å². The Balaban J connectivity index is 1.61. The van der Waals surface area contributed by atoms with Crippen LogP contribution in [0.3, 0.4) is 0 Å². The summed E-state index contributed by atoms with van der Waals surface area (Å²) in [5.74, 6) is 0.629. The second-order valence-corrected chi connectivity index (χ2v) is 7.16. The number of rotatable bonds is 4. The fraction of sp³-hybridized carbons (Fsp3) is 0.368. The Morgan fingerprint density at radius 3 is 2.89 bits per heavy atom. The molecule has 0 radical (unpaired) electrons. The minimum atomic E-state index is -0.183. The molecule has 0 amide bonds. The predicted octanol–water partition coefficient (Wildman–Crippen LogP) is 2.53. The highest BCUT2D eigenvalue weighted by Crippen LogP contribution is 2.26. The zero-order chi connectivity index (χ0) is 19.7. The van der Waals surface area contributed by atoms with Gasteiger partial charge in [0.05, 0.1) is 31.1 Å². The van der Waals surface area contributed by atoms with Crippen LogP contribution in [0.5, 0.6) is 0 Å². The van der Waals surface area contributed by atoms with Crippen molar-refractivity contribution in [1.29, 1.82) is 0 Å². The Morgan fingerprint density at radius 1 is 1.32 bits per heavy atom. The van der Waals surface area contributed by atoms with Crippen LogP contribution in [0.4, 0.5) is 5.69 Å². The van der Waals surface area contributed by atoms with E-state index in [4.69, 9.17) is 20.9 Å². The van der Waals surface area contributed by atoms with Gasteiger partial charge in [-0.05, 0) is 26.0 Å². The lowest BCUT2D eigenvalue weighted by Gasteiger charge is -2.32. The topological polar surface area (TPSA) is 86.3 Å². The number of aryl methyl sites for hydroxylation is 1. The Hall–Kier alpha value is -2.71. The average Bonchev–Trinajstić information content (AvgIpc) is 3.04. The number of hydrogen-bond donors (Lipinski definition) is 0. The molecule has 1 saturated heterocycles. The fourth-order valence-electron chi connectivity index (χ4n) is 3.24. The highest BCUT2D eigenvalue weighted by Gasteiger charge is 2.20. The fourth-order valence-corrected chi connectivity index (χ4v) is 3.35. The van der Waals surface area contributed by atoms with Gasteiger partial charge in [-0.2, -0.15) is 5.10 Å². The van der Waals surface area contributed by atoms with E-state index >= 15 is 0 Å². The van der Waals surface area contributed by atoms with E-state index in [-0.39, 0.29) is 18.2 Å². The van der Waals surface area contributed by atoms with E-state index in [2.05, 4.69) is 20.1 Å². The molecule has 0 bridgehead atoms. The number of morpholine rings is 1. The number of anilines is 1. The van der Waals surface area contributed by atoms with Gasteiger partial charge in [0.25, 0.3) is 5.56 Å². The molecule has 1 aliphatic rings. The lowest BCUT2D eigenvalue weighted by Crippen LogP contribution is -2.41. The monoisotopic (exact) mass is 401 g/mol. The molecular weight excluding hydrogens is 382 g/mol. The first kappa shape index (κ1) is 18.6. The van der Waals surface area contributed by atoms with Crippen LogP contribution in [0.1, 0.15) is 18.2 Å². The minimum Gasteiger partial charge on any atom is -0.375 e. The van der Waals surface area contributed by atoms with E-state index in [9.17, 15) is 4.79 Å². The maximum Gasteiger partial charge on any atom is 0.269 e. The lowest BCUT2D eigenvalue weighted by atomic mass is 10.1. The molecule has 1 aliphatic heterocycles. The molecule has 9 heteroatoms. The summed E-state index contributed by atoms with van der Waals surface area (Å²) in [6, 6.07) is 5.11. The van der Waals surface area contributed by atoms with Crippen LogP contribution < -0.4 is 10.5 Å². The standard InChI is InChI=1S/C19H20ClN5O3/c1-12-10-24(5-6-27-12)15-7-18(26)25(22-9-15)11-16-13(2)28-23-19(16)14-3-4-17(20)21-8-14/h3-4,7-9,12H,5-6,10-11H2,1-2H3. The molecule has 0 aromatic carbocycles. The molecule has 4 heterocycles. The molecule has 0 saturated carbocycles. The van der Waals surface area contributed by atoms with E-state index in [1.807, 2.05) is 19.9 Å². The molecule has 1 atom stereocenters. The largest absolute Gasteiger partial charge is 0.375 e. The number of hydrogen-bond acceptors (Lipinski definition) is 7. The summed E-state index contributed by atoms with van der Waals surface area (Å²) >= 11 is 5.86.